The zero-order valence-corrected chi connectivity index (χ0v) is 11.7. The molecule has 3 rings (SSSR count). The molecule has 0 aliphatic heterocycles. The molecule has 0 atom stereocenters. The number of anilines is 1. The Bertz CT molecular complexity index is 806. The summed E-state index contributed by atoms with van der Waals surface area (Å²) in [7, 11) is 1.97. The van der Waals surface area contributed by atoms with Gasteiger partial charge in [0.2, 0.25) is 0 Å². The first-order valence-corrected chi connectivity index (χ1v) is 6.68. The van der Waals surface area contributed by atoms with E-state index >= 15 is 0 Å². The molecule has 0 aliphatic carbocycles. The van der Waals surface area contributed by atoms with Crippen LogP contribution in [0.2, 0.25) is 0 Å². The maximum absolute atomic E-state index is 9.33. The van der Waals surface area contributed by atoms with E-state index in [2.05, 4.69) is 16.0 Å². The third-order valence-corrected chi connectivity index (χ3v) is 3.38. The molecule has 0 saturated heterocycles. The highest BCUT2D eigenvalue weighted by Gasteiger charge is 2.09. The molecule has 0 spiro atoms. The van der Waals surface area contributed by atoms with Crippen LogP contribution in [0.15, 0.2) is 54.9 Å². The van der Waals surface area contributed by atoms with Crippen LogP contribution >= 0.6 is 0 Å². The number of hydrogen-bond acceptors (Lipinski definition) is 4. The van der Waals surface area contributed by atoms with E-state index in [1.807, 2.05) is 54.4 Å². The van der Waals surface area contributed by atoms with Gasteiger partial charge < -0.3 is 4.90 Å². The highest BCUT2D eigenvalue weighted by Crippen LogP contribution is 2.22. The fourth-order valence-electron chi connectivity index (χ4n) is 2.29. The van der Waals surface area contributed by atoms with Crippen molar-refractivity contribution in [3.05, 3.63) is 66.0 Å². The smallest absolute Gasteiger partial charge is 0.130 e. The predicted octanol–water partition coefficient (Wildman–Crippen LogP) is 3.14. The molecule has 3 aromatic rings. The highest BCUT2D eigenvalue weighted by atomic mass is 15.2. The summed E-state index contributed by atoms with van der Waals surface area (Å²) < 4.78 is 0. The lowest BCUT2D eigenvalue weighted by Gasteiger charge is -2.19. The summed E-state index contributed by atoms with van der Waals surface area (Å²) >= 11 is 0. The number of benzene rings is 1. The van der Waals surface area contributed by atoms with Crippen molar-refractivity contribution < 1.29 is 0 Å². The third kappa shape index (κ3) is 2.67. The molecule has 21 heavy (non-hydrogen) atoms. The van der Waals surface area contributed by atoms with E-state index in [1.54, 1.807) is 12.4 Å². The van der Waals surface area contributed by atoms with Crippen LogP contribution < -0.4 is 4.90 Å². The Labute approximate surface area is 123 Å². The second-order valence-corrected chi connectivity index (χ2v) is 4.87. The van der Waals surface area contributed by atoms with E-state index < -0.39 is 0 Å². The molecule has 1 aromatic carbocycles. The second-order valence-electron chi connectivity index (χ2n) is 4.87. The number of fused-ring (bicyclic) bond motifs is 1. The minimum atomic E-state index is 0.650. The molecule has 0 amide bonds. The number of nitrogens with zero attached hydrogens (tertiary/aromatic N) is 4. The molecule has 0 aliphatic rings. The van der Waals surface area contributed by atoms with Gasteiger partial charge in [-0.15, -0.1) is 0 Å². The van der Waals surface area contributed by atoms with E-state index in [4.69, 9.17) is 0 Å². The minimum absolute atomic E-state index is 0.650. The van der Waals surface area contributed by atoms with Crippen molar-refractivity contribution in [3.8, 4) is 6.07 Å². The monoisotopic (exact) mass is 274 g/mol. The van der Waals surface area contributed by atoms with Crippen LogP contribution in [-0.4, -0.2) is 17.0 Å². The van der Waals surface area contributed by atoms with Crippen molar-refractivity contribution in [1.29, 1.82) is 5.26 Å². The zero-order chi connectivity index (χ0) is 14.7. The van der Waals surface area contributed by atoms with E-state index in [0.717, 1.165) is 28.8 Å². The summed E-state index contributed by atoms with van der Waals surface area (Å²) in [5.74, 6) is 0.794. The molecular formula is C17H14N4. The van der Waals surface area contributed by atoms with Gasteiger partial charge in [0.1, 0.15) is 5.82 Å². The molecule has 0 radical (unpaired) electrons. The molecule has 0 unspecified atom stereocenters. The molecule has 2 heterocycles. The Hall–Kier alpha value is -2.93. The topological polar surface area (TPSA) is 52.8 Å². The molecular weight excluding hydrogens is 260 g/mol. The van der Waals surface area contributed by atoms with Crippen LogP contribution in [0.25, 0.3) is 10.9 Å². The fraction of sp³-hybridized carbons (Fsp3) is 0.118. The first-order valence-electron chi connectivity index (χ1n) is 6.68. The Morgan fingerprint density at radius 3 is 2.67 bits per heavy atom. The van der Waals surface area contributed by atoms with Crippen molar-refractivity contribution in [1.82, 2.24) is 9.97 Å². The molecule has 0 bridgehead atoms. The van der Waals surface area contributed by atoms with Gasteiger partial charge in [0.25, 0.3) is 0 Å². The molecule has 4 nitrogen and oxygen atoms in total. The number of aromatic nitrogens is 2. The van der Waals surface area contributed by atoms with Crippen LogP contribution in [0.3, 0.4) is 0 Å². The third-order valence-electron chi connectivity index (χ3n) is 3.38. The molecule has 102 valence electrons. The van der Waals surface area contributed by atoms with Gasteiger partial charge in [-0.2, -0.15) is 5.26 Å². The summed E-state index contributed by atoms with van der Waals surface area (Å²) in [6, 6.07) is 15.7. The van der Waals surface area contributed by atoms with Crippen molar-refractivity contribution in [2.45, 2.75) is 6.54 Å². The highest BCUT2D eigenvalue weighted by molar-refractivity contribution is 5.86. The summed E-state index contributed by atoms with van der Waals surface area (Å²) in [4.78, 5) is 10.7. The van der Waals surface area contributed by atoms with Crippen LogP contribution in [-0.2, 0) is 6.54 Å². The van der Waals surface area contributed by atoms with E-state index in [1.165, 1.54) is 0 Å². The SMILES string of the molecule is CN(Cc1ccncc1)c1cc(C#N)c2ccccc2n1. The molecule has 4 heteroatoms. The van der Waals surface area contributed by atoms with Crippen molar-refractivity contribution >= 4 is 16.7 Å². The van der Waals surface area contributed by atoms with Gasteiger partial charge in [-0.3, -0.25) is 4.98 Å². The van der Waals surface area contributed by atoms with Crippen LogP contribution in [0, 0.1) is 11.3 Å². The summed E-state index contributed by atoms with van der Waals surface area (Å²) in [5, 5.41) is 10.2. The van der Waals surface area contributed by atoms with E-state index in [9.17, 15) is 5.26 Å². The summed E-state index contributed by atoms with van der Waals surface area (Å²) in [5.41, 5.74) is 2.64. The largest absolute Gasteiger partial charge is 0.355 e. The minimum Gasteiger partial charge on any atom is -0.355 e. The van der Waals surface area contributed by atoms with Gasteiger partial charge in [0, 0.05) is 31.4 Å². The summed E-state index contributed by atoms with van der Waals surface area (Å²) in [6.07, 6.45) is 3.55. The number of hydrogen-bond donors (Lipinski definition) is 0. The second kappa shape index (κ2) is 5.59. The fourth-order valence-corrected chi connectivity index (χ4v) is 2.29. The average molecular weight is 274 g/mol. The Morgan fingerprint density at radius 2 is 1.90 bits per heavy atom. The van der Waals surface area contributed by atoms with Gasteiger partial charge in [-0.25, -0.2) is 4.98 Å². The van der Waals surface area contributed by atoms with Gasteiger partial charge in [0.05, 0.1) is 17.1 Å². The van der Waals surface area contributed by atoms with Gasteiger partial charge in [-0.05, 0) is 29.8 Å². The first-order chi connectivity index (χ1) is 10.3. The molecule has 0 N–H and O–H groups in total. The van der Waals surface area contributed by atoms with E-state index in [0.29, 0.717) is 5.56 Å². The first kappa shape index (κ1) is 13.1. The lowest BCUT2D eigenvalue weighted by molar-refractivity contribution is 0.899. The van der Waals surface area contributed by atoms with Crippen molar-refractivity contribution in [2.24, 2.45) is 0 Å². The quantitative estimate of drug-likeness (QED) is 0.736. The number of rotatable bonds is 3. The average Bonchev–Trinajstić information content (AvgIpc) is 2.54. The van der Waals surface area contributed by atoms with Gasteiger partial charge in [-0.1, -0.05) is 18.2 Å². The van der Waals surface area contributed by atoms with Crippen molar-refractivity contribution in [2.75, 3.05) is 11.9 Å². The number of nitriles is 1. The van der Waals surface area contributed by atoms with E-state index in [-0.39, 0.29) is 0 Å². The maximum Gasteiger partial charge on any atom is 0.130 e. The van der Waals surface area contributed by atoms with Crippen LogP contribution in [0.1, 0.15) is 11.1 Å². The summed E-state index contributed by atoms with van der Waals surface area (Å²) in [6.45, 7) is 0.721. The Kier molecular flexibility index (Phi) is 3.48. The van der Waals surface area contributed by atoms with Gasteiger partial charge in [0.15, 0.2) is 0 Å². The molecule has 0 fully saturated rings. The normalized spacial score (nSPS) is 10.3. The van der Waals surface area contributed by atoms with Crippen molar-refractivity contribution in [3.63, 3.8) is 0 Å². The predicted molar refractivity (Wildman–Crippen MR) is 82.8 cm³/mol. The Morgan fingerprint density at radius 1 is 1.14 bits per heavy atom. The maximum atomic E-state index is 9.33. The molecule has 2 aromatic heterocycles. The number of para-hydroxylation sites is 1. The van der Waals surface area contributed by atoms with Crippen LogP contribution in [0.5, 0.6) is 0 Å². The standard InChI is InChI=1S/C17H14N4/c1-21(12-13-6-8-19-9-7-13)17-10-14(11-18)15-4-2-3-5-16(15)20-17/h2-10H,12H2,1H3. The van der Waals surface area contributed by atoms with Gasteiger partial charge >= 0.3 is 0 Å². The Balaban J connectivity index is 1.99. The lowest BCUT2D eigenvalue weighted by Crippen LogP contribution is -2.17. The number of pyridine rings is 2. The lowest BCUT2D eigenvalue weighted by atomic mass is 10.1. The molecule has 0 saturated carbocycles. The zero-order valence-electron chi connectivity index (χ0n) is 11.7. The van der Waals surface area contributed by atoms with Crippen LogP contribution in [0.4, 0.5) is 5.82 Å².